The molecule has 1 unspecified atom stereocenters. The Morgan fingerprint density at radius 3 is 2.71 bits per heavy atom. The number of aromatic nitrogens is 1. The molecule has 3 nitrogen and oxygen atoms in total. The average Bonchev–Trinajstić information content (AvgIpc) is 2.06. The summed E-state index contributed by atoms with van der Waals surface area (Å²) in [6.07, 6.45) is 2.69. The molecule has 0 saturated carbocycles. The zero-order chi connectivity index (χ0) is 10.6. The van der Waals surface area contributed by atoms with Gasteiger partial charge >= 0.3 is 0 Å². The van der Waals surface area contributed by atoms with Crippen molar-refractivity contribution in [2.24, 2.45) is 5.73 Å². The predicted octanol–water partition coefficient (Wildman–Crippen LogP) is 1.76. The molecule has 0 saturated heterocycles. The minimum absolute atomic E-state index is 0.133. The zero-order valence-corrected chi connectivity index (χ0v) is 9.03. The number of nitrogens with two attached hydrogens (primary N) is 1. The van der Waals surface area contributed by atoms with Crippen LogP contribution in [0, 0.1) is 0 Å². The van der Waals surface area contributed by atoms with Crippen LogP contribution >= 0.6 is 0 Å². The minimum atomic E-state index is 0.133. The van der Waals surface area contributed by atoms with E-state index in [2.05, 4.69) is 4.98 Å². The minimum Gasteiger partial charge on any atom is -0.475 e. The van der Waals surface area contributed by atoms with Gasteiger partial charge in [-0.1, -0.05) is 6.07 Å². The number of rotatable bonds is 4. The maximum atomic E-state index is 5.74. The van der Waals surface area contributed by atoms with Gasteiger partial charge < -0.3 is 10.5 Å². The molecule has 3 heteroatoms. The molecule has 0 radical (unpaired) electrons. The second kappa shape index (κ2) is 4.96. The van der Waals surface area contributed by atoms with E-state index in [1.54, 1.807) is 6.20 Å². The number of hydrogen-bond acceptors (Lipinski definition) is 3. The summed E-state index contributed by atoms with van der Waals surface area (Å²) in [5.41, 5.74) is 6.82. The molecular weight excluding hydrogens is 176 g/mol. The standard InChI is InChI=1S/C11H18N2O/c1-8(2)14-11-10(7-9(3)12)5-4-6-13-11/h4-6,8-9H,7,12H2,1-3H3. The van der Waals surface area contributed by atoms with Crippen LogP contribution in [-0.2, 0) is 6.42 Å². The largest absolute Gasteiger partial charge is 0.475 e. The van der Waals surface area contributed by atoms with Gasteiger partial charge in [-0.2, -0.15) is 0 Å². The molecular formula is C11H18N2O. The van der Waals surface area contributed by atoms with E-state index in [-0.39, 0.29) is 12.1 Å². The van der Waals surface area contributed by atoms with E-state index in [9.17, 15) is 0 Å². The number of hydrogen-bond donors (Lipinski definition) is 1. The molecule has 14 heavy (non-hydrogen) atoms. The van der Waals surface area contributed by atoms with Gasteiger partial charge in [-0.3, -0.25) is 0 Å². The normalized spacial score (nSPS) is 12.9. The number of nitrogens with zero attached hydrogens (tertiary/aromatic N) is 1. The van der Waals surface area contributed by atoms with E-state index in [0.717, 1.165) is 12.0 Å². The van der Waals surface area contributed by atoms with Crippen molar-refractivity contribution in [3.05, 3.63) is 23.9 Å². The van der Waals surface area contributed by atoms with E-state index < -0.39 is 0 Å². The van der Waals surface area contributed by atoms with Crippen LogP contribution in [0.5, 0.6) is 5.88 Å². The van der Waals surface area contributed by atoms with E-state index in [1.807, 2.05) is 32.9 Å². The first kappa shape index (κ1) is 11.0. The van der Waals surface area contributed by atoms with Crippen LogP contribution in [-0.4, -0.2) is 17.1 Å². The lowest BCUT2D eigenvalue weighted by molar-refractivity contribution is 0.229. The highest BCUT2D eigenvalue weighted by Gasteiger charge is 2.07. The summed E-state index contributed by atoms with van der Waals surface area (Å²) in [5.74, 6) is 0.708. The average molecular weight is 194 g/mol. The van der Waals surface area contributed by atoms with Crippen molar-refractivity contribution < 1.29 is 4.74 Å². The molecule has 0 amide bonds. The Morgan fingerprint density at radius 1 is 1.43 bits per heavy atom. The molecule has 0 spiro atoms. The first-order chi connectivity index (χ1) is 6.59. The van der Waals surface area contributed by atoms with E-state index in [1.165, 1.54) is 0 Å². The first-order valence-electron chi connectivity index (χ1n) is 4.95. The summed E-state index contributed by atoms with van der Waals surface area (Å²) >= 11 is 0. The Bertz CT molecular complexity index is 255. The molecule has 0 aliphatic carbocycles. The van der Waals surface area contributed by atoms with E-state index in [0.29, 0.717) is 5.88 Å². The highest BCUT2D eigenvalue weighted by molar-refractivity contribution is 5.26. The quantitative estimate of drug-likeness (QED) is 0.794. The summed E-state index contributed by atoms with van der Waals surface area (Å²) in [5, 5.41) is 0. The molecule has 0 aliphatic heterocycles. The van der Waals surface area contributed by atoms with Crippen LogP contribution in [0.2, 0.25) is 0 Å². The van der Waals surface area contributed by atoms with Crippen molar-refractivity contribution in [2.45, 2.75) is 39.3 Å². The molecule has 1 aromatic rings. The van der Waals surface area contributed by atoms with Gasteiger partial charge in [0.05, 0.1) is 6.10 Å². The number of pyridine rings is 1. The van der Waals surface area contributed by atoms with Gasteiger partial charge in [-0.25, -0.2) is 4.98 Å². The third-order valence-corrected chi connectivity index (χ3v) is 1.74. The predicted molar refractivity (Wildman–Crippen MR) is 57.4 cm³/mol. The van der Waals surface area contributed by atoms with Gasteiger partial charge in [0.2, 0.25) is 5.88 Å². The van der Waals surface area contributed by atoms with Gasteiger partial charge in [-0.05, 0) is 33.3 Å². The topological polar surface area (TPSA) is 48.1 Å². The van der Waals surface area contributed by atoms with E-state index >= 15 is 0 Å². The van der Waals surface area contributed by atoms with Crippen LogP contribution < -0.4 is 10.5 Å². The Labute approximate surface area is 85.3 Å². The second-order valence-corrected chi connectivity index (χ2v) is 3.82. The molecule has 1 rings (SSSR count). The van der Waals surface area contributed by atoms with Crippen molar-refractivity contribution in [3.63, 3.8) is 0 Å². The molecule has 0 aliphatic rings. The zero-order valence-electron chi connectivity index (χ0n) is 9.03. The highest BCUT2D eigenvalue weighted by Crippen LogP contribution is 2.16. The SMILES string of the molecule is CC(N)Cc1cccnc1OC(C)C. The third-order valence-electron chi connectivity index (χ3n) is 1.74. The Kier molecular flexibility index (Phi) is 3.89. The molecule has 2 N–H and O–H groups in total. The summed E-state index contributed by atoms with van der Waals surface area (Å²) in [7, 11) is 0. The smallest absolute Gasteiger partial charge is 0.216 e. The van der Waals surface area contributed by atoms with Gasteiger partial charge in [-0.15, -0.1) is 0 Å². The lowest BCUT2D eigenvalue weighted by Gasteiger charge is -2.13. The molecule has 1 heterocycles. The molecule has 78 valence electrons. The fourth-order valence-electron chi connectivity index (χ4n) is 1.26. The maximum Gasteiger partial charge on any atom is 0.216 e. The van der Waals surface area contributed by atoms with Crippen LogP contribution in [0.4, 0.5) is 0 Å². The molecule has 1 aromatic heterocycles. The molecule has 0 fully saturated rings. The van der Waals surface area contributed by atoms with Crippen molar-refractivity contribution in [1.82, 2.24) is 4.98 Å². The summed E-state index contributed by atoms with van der Waals surface area (Å²) in [4.78, 5) is 4.19. The van der Waals surface area contributed by atoms with Crippen LogP contribution in [0.15, 0.2) is 18.3 Å². The summed E-state index contributed by atoms with van der Waals surface area (Å²) < 4.78 is 5.58. The lowest BCUT2D eigenvalue weighted by Crippen LogP contribution is -2.19. The van der Waals surface area contributed by atoms with Crippen molar-refractivity contribution in [2.75, 3.05) is 0 Å². The fraction of sp³-hybridized carbons (Fsp3) is 0.545. The number of ether oxygens (including phenoxy) is 1. The van der Waals surface area contributed by atoms with Crippen LogP contribution in [0.25, 0.3) is 0 Å². The van der Waals surface area contributed by atoms with E-state index in [4.69, 9.17) is 10.5 Å². The summed E-state index contributed by atoms with van der Waals surface area (Å²) in [6.45, 7) is 5.96. The van der Waals surface area contributed by atoms with Crippen molar-refractivity contribution in [1.29, 1.82) is 0 Å². The maximum absolute atomic E-state index is 5.74. The van der Waals surface area contributed by atoms with Gasteiger partial charge in [0.15, 0.2) is 0 Å². The molecule has 0 bridgehead atoms. The third kappa shape index (κ3) is 3.34. The lowest BCUT2D eigenvalue weighted by atomic mass is 10.1. The molecule has 0 aromatic carbocycles. The van der Waals surface area contributed by atoms with Gasteiger partial charge in [0.1, 0.15) is 0 Å². The van der Waals surface area contributed by atoms with Crippen LogP contribution in [0.1, 0.15) is 26.3 Å². The monoisotopic (exact) mass is 194 g/mol. The van der Waals surface area contributed by atoms with Crippen molar-refractivity contribution >= 4 is 0 Å². The first-order valence-corrected chi connectivity index (χ1v) is 4.95. The highest BCUT2D eigenvalue weighted by atomic mass is 16.5. The Morgan fingerprint density at radius 2 is 2.14 bits per heavy atom. The Balaban J connectivity index is 2.80. The van der Waals surface area contributed by atoms with Crippen LogP contribution in [0.3, 0.4) is 0 Å². The van der Waals surface area contributed by atoms with Gasteiger partial charge in [0, 0.05) is 17.8 Å². The molecule has 1 atom stereocenters. The Hall–Kier alpha value is -1.09. The summed E-state index contributed by atoms with van der Waals surface area (Å²) in [6, 6.07) is 4.05. The van der Waals surface area contributed by atoms with Crippen molar-refractivity contribution in [3.8, 4) is 5.88 Å². The second-order valence-electron chi connectivity index (χ2n) is 3.82. The van der Waals surface area contributed by atoms with Gasteiger partial charge in [0.25, 0.3) is 0 Å². The fourth-order valence-corrected chi connectivity index (χ4v) is 1.26.